The van der Waals surface area contributed by atoms with Crippen molar-refractivity contribution in [2.45, 2.75) is 46.2 Å². The largest absolute Gasteiger partial charge is 0.250 e. The maximum atomic E-state index is 4.36. The molecule has 0 amide bonds. The van der Waals surface area contributed by atoms with E-state index in [-0.39, 0.29) is 0 Å². The van der Waals surface area contributed by atoms with Crippen LogP contribution in [0, 0.1) is 13.8 Å². The Kier molecular flexibility index (Phi) is 4.50. The van der Waals surface area contributed by atoms with Gasteiger partial charge in [0.2, 0.25) is 0 Å². The molecule has 3 aromatic rings. The fraction of sp³-hybridized carbons (Fsp3) is 0.412. The molecule has 2 heterocycles. The van der Waals surface area contributed by atoms with Gasteiger partial charge in [0.25, 0.3) is 0 Å². The van der Waals surface area contributed by atoms with Gasteiger partial charge in [-0.15, -0.1) is 5.10 Å². The van der Waals surface area contributed by atoms with E-state index in [2.05, 4.69) is 51.6 Å². The quantitative estimate of drug-likeness (QED) is 0.702. The molecule has 0 fully saturated rings. The number of aryl methyl sites for hydroxylation is 4. The van der Waals surface area contributed by atoms with Gasteiger partial charge in [0.1, 0.15) is 11.6 Å². The van der Waals surface area contributed by atoms with E-state index in [1.807, 2.05) is 35.5 Å². The Hall–Kier alpha value is -2.50. The summed E-state index contributed by atoms with van der Waals surface area (Å²) in [5.74, 6) is 2.17. The van der Waals surface area contributed by atoms with Crippen molar-refractivity contribution in [3.8, 4) is 0 Å². The second kappa shape index (κ2) is 6.73. The second-order valence-electron chi connectivity index (χ2n) is 5.92. The first kappa shape index (κ1) is 15.4. The minimum Gasteiger partial charge on any atom is -0.250 e. The summed E-state index contributed by atoms with van der Waals surface area (Å²) in [6.45, 7) is 7.59. The predicted octanol–water partition coefficient (Wildman–Crippen LogP) is 2.53. The maximum absolute atomic E-state index is 4.36. The van der Waals surface area contributed by atoms with Crippen molar-refractivity contribution in [2.24, 2.45) is 0 Å². The van der Waals surface area contributed by atoms with Crippen LogP contribution in [0.15, 0.2) is 36.5 Å². The van der Waals surface area contributed by atoms with Gasteiger partial charge in [-0.05, 0) is 31.7 Å². The molecule has 6 heteroatoms. The minimum absolute atomic E-state index is 0.432. The van der Waals surface area contributed by atoms with E-state index in [1.54, 1.807) is 0 Å². The van der Waals surface area contributed by atoms with Crippen LogP contribution in [0.2, 0.25) is 0 Å². The Morgan fingerprint density at radius 2 is 1.87 bits per heavy atom. The smallest absolute Gasteiger partial charge is 0.147 e. The lowest BCUT2D eigenvalue weighted by molar-refractivity contribution is 0.480. The highest BCUT2D eigenvalue weighted by atomic mass is 15.4. The molecule has 0 aliphatic heterocycles. The van der Waals surface area contributed by atoms with Gasteiger partial charge in [-0.2, -0.15) is 5.10 Å². The van der Waals surface area contributed by atoms with Gasteiger partial charge in [-0.1, -0.05) is 42.5 Å². The fourth-order valence-corrected chi connectivity index (χ4v) is 2.72. The standard InChI is InChI=1S/C17H22N6/c1-13(16-7-5-4-6-8-16)11-17-12-22(21-19-17)9-10-23-15(3)18-14(2)20-23/h4-8,12-13H,9-11H2,1-3H3/t13-/m1/s1. The van der Waals surface area contributed by atoms with Gasteiger partial charge in [0, 0.05) is 6.20 Å². The molecule has 120 valence electrons. The van der Waals surface area contributed by atoms with Crippen LogP contribution >= 0.6 is 0 Å². The molecular formula is C17H22N6. The molecule has 0 aliphatic carbocycles. The molecule has 0 saturated heterocycles. The average Bonchev–Trinajstić information content (AvgIpc) is 3.12. The molecule has 23 heavy (non-hydrogen) atoms. The summed E-state index contributed by atoms with van der Waals surface area (Å²) >= 11 is 0. The third-order valence-electron chi connectivity index (χ3n) is 3.97. The number of aromatic nitrogens is 6. The molecule has 2 aromatic heterocycles. The van der Waals surface area contributed by atoms with Crippen LogP contribution in [-0.2, 0) is 19.5 Å². The monoisotopic (exact) mass is 310 g/mol. The Balaban J connectivity index is 1.59. The number of hydrogen-bond donors (Lipinski definition) is 0. The van der Waals surface area contributed by atoms with E-state index in [9.17, 15) is 0 Å². The molecule has 0 aliphatic rings. The number of hydrogen-bond acceptors (Lipinski definition) is 4. The lowest BCUT2D eigenvalue weighted by Gasteiger charge is -2.09. The van der Waals surface area contributed by atoms with Gasteiger partial charge in [0.15, 0.2) is 0 Å². The van der Waals surface area contributed by atoms with Gasteiger partial charge in [0.05, 0.1) is 18.8 Å². The molecule has 0 N–H and O–H groups in total. The fourth-order valence-electron chi connectivity index (χ4n) is 2.72. The van der Waals surface area contributed by atoms with Crippen molar-refractivity contribution >= 4 is 0 Å². The van der Waals surface area contributed by atoms with Crippen molar-refractivity contribution in [3.05, 3.63) is 59.4 Å². The van der Waals surface area contributed by atoms with Crippen molar-refractivity contribution in [1.29, 1.82) is 0 Å². The molecule has 1 atom stereocenters. The second-order valence-corrected chi connectivity index (χ2v) is 5.92. The molecule has 3 rings (SSSR count). The summed E-state index contributed by atoms with van der Waals surface area (Å²) in [7, 11) is 0. The van der Waals surface area contributed by atoms with E-state index in [1.165, 1.54) is 5.56 Å². The van der Waals surface area contributed by atoms with E-state index in [0.717, 1.165) is 36.9 Å². The van der Waals surface area contributed by atoms with Crippen molar-refractivity contribution in [2.75, 3.05) is 0 Å². The molecule has 6 nitrogen and oxygen atoms in total. The zero-order valence-electron chi connectivity index (χ0n) is 13.8. The van der Waals surface area contributed by atoms with E-state index < -0.39 is 0 Å². The Labute approximate surface area is 136 Å². The van der Waals surface area contributed by atoms with Crippen LogP contribution in [0.1, 0.15) is 35.7 Å². The summed E-state index contributed by atoms with van der Waals surface area (Å²) in [6, 6.07) is 10.5. The van der Waals surface area contributed by atoms with Crippen molar-refractivity contribution in [3.63, 3.8) is 0 Å². The summed E-state index contributed by atoms with van der Waals surface area (Å²) in [4.78, 5) is 4.31. The highest BCUT2D eigenvalue weighted by Crippen LogP contribution is 2.18. The summed E-state index contributed by atoms with van der Waals surface area (Å²) in [6.07, 6.45) is 2.92. The van der Waals surface area contributed by atoms with Crippen LogP contribution in [0.3, 0.4) is 0 Å². The van der Waals surface area contributed by atoms with Crippen LogP contribution in [-0.4, -0.2) is 29.8 Å². The molecule has 0 bridgehead atoms. The van der Waals surface area contributed by atoms with Gasteiger partial charge in [-0.25, -0.2) is 9.67 Å². The maximum Gasteiger partial charge on any atom is 0.147 e. The first-order valence-electron chi connectivity index (χ1n) is 7.94. The van der Waals surface area contributed by atoms with Crippen molar-refractivity contribution < 1.29 is 0 Å². The molecule has 0 saturated carbocycles. The topological polar surface area (TPSA) is 61.4 Å². The average molecular weight is 310 g/mol. The van der Waals surface area contributed by atoms with E-state index in [4.69, 9.17) is 0 Å². The SMILES string of the molecule is Cc1nc(C)n(CCn2cc(C[C@@H](C)c3ccccc3)nn2)n1. The van der Waals surface area contributed by atoms with Gasteiger partial charge in [-0.3, -0.25) is 4.68 Å². The lowest BCUT2D eigenvalue weighted by atomic mass is 9.97. The van der Waals surface area contributed by atoms with Crippen LogP contribution < -0.4 is 0 Å². The van der Waals surface area contributed by atoms with Crippen molar-refractivity contribution in [1.82, 2.24) is 29.8 Å². The zero-order chi connectivity index (χ0) is 16.2. The van der Waals surface area contributed by atoms with Gasteiger partial charge < -0.3 is 0 Å². The Morgan fingerprint density at radius 3 is 2.57 bits per heavy atom. The lowest BCUT2D eigenvalue weighted by Crippen LogP contribution is -2.10. The Morgan fingerprint density at radius 1 is 1.09 bits per heavy atom. The van der Waals surface area contributed by atoms with Gasteiger partial charge >= 0.3 is 0 Å². The van der Waals surface area contributed by atoms with Crippen LogP contribution in [0.4, 0.5) is 0 Å². The molecular weight excluding hydrogens is 288 g/mol. The summed E-state index contributed by atoms with van der Waals surface area (Å²) in [5, 5.41) is 12.9. The molecule has 0 unspecified atom stereocenters. The highest BCUT2D eigenvalue weighted by Gasteiger charge is 2.10. The Bertz CT molecular complexity index is 758. The normalized spacial score (nSPS) is 12.5. The molecule has 1 aromatic carbocycles. The molecule has 0 radical (unpaired) electrons. The van der Waals surface area contributed by atoms with Crippen LogP contribution in [0.5, 0.6) is 0 Å². The first-order chi connectivity index (χ1) is 11.1. The predicted molar refractivity (Wildman–Crippen MR) is 88.1 cm³/mol. The number of benzene rings is 1. The number of nitrogens with zero attached hydrogens (tertiary/aromatic N) is 6. The number of rotatable bonds is 6. The molecule has 0 spiro atoms. The summed E-state index contributed by atoms with van der Waals surface area (Å²) in [5.41, 5.74) is 2.35. The minimum atomic E-state index is 0.432. The third-order valence-corrected chi connectivity index (χ3v) is 3.97. The van der Waals surface area contributed by atoms with E-state index >= 15 is 0 Å². The first-order valence-corrected chi connectivity index (χ1v) is 7.94. The van der Waals surface area contributed by atoms with E-state index in [0.29, 0.717) is 5.92 Å². The zero-order valence-corrected chi connectivity index (χ0v) is 13.8. The highest BCUT2D eigenvalue weighted by molar-refractivity contribution is 5.20. The third kappa shape index (κ3) is 3.83. The van der Waals surface area contributed by atoms with Crippen LogP contribution in [0.25, 0.3) is 0 Å². The summed E-state index contributed by atoms with van der Waals surface area (Å²) < 4.78 is 3.78.